The Bertz CT molecular complexity index is 638. The second-order valence-corrected chi connectivity index (χ2v) is 6.98. The number of rotatable bonds is 5. The second kappa shape index (κ2) is 8.08. The number of nitrogens with zero attached hydrogens (tertiary/aromatic N) is 4. The molecule has 6 nitrogen and oxygen atoms in total. The summed E-state index contributed by atoms with van der Waals surface area (Å²) in [5.74, 6) is 1.35. The predicted molar refractivity (Wildman–Crippen MR) is 95.0 cm³/mol. The maximum absolute atomic E-state index is 6.07. The Balaban J connectivity index is 1.35. The van der Waals surface area contributed by atoms with Crippen LogP contribution in [0.3, 0.4) is 0 Å². The van der Waals surface area contributed by atoms with Crippen molar-refractivity contribution in [3.63, 3.8) is 0 Å². The van der Waals surface area contributed by atoms with Gasteiger partial charge in [-0.05, 0) is 44.5 Å². The maximum Gasteiger partial charge on any atom is 0.195 e. The van der Waals surface area contributed by atoms with Gasteiger partial charge in [0.15, 0.2) is 11.6 Å². The monoisotopic (exact) mass is 342 g/mol. The van der Waals surface area contributed by atoms with Crippen LogP contribution in [0.4, 0.5) is 0 Å². The minimum absolute atomic E-state index is 0.309. The maximum atomic E-state index is 6.07. The molecule has 25 heavy (non-hydrogen) atoms. The van der Waals surface area contributed by atoms with Crippen LogP contribution >= 0.6 is 0 Å². The molecule has 0 saturated carbocycles. The van der Waals surface area contributed by atoms with Gasteiger partial charge in [-0.3, -0.25) is 4.90 Å². The summed E-state index contributed by atoms with van der Waals surface area (Å²) in [5.41, 5.74) is 1.14. The summed E-state index contributed by atoms with van der Waals surface area (Å²) in [5, 5.41) is 0. The Morgan fingerprint density at radius 3 is 2.60 bits per heavy atom. The highest BCUT2D eigenvalue weighted by Crippen LogP contribution is 2.17. The van der Waals surface area contributed by atoms with E-state index in [2.05, 4.69) is 19.8 Å². The number of aromatic nitrogens is 2. The van der Waals surface area contributed by atoms with Gasteiger partial charge < -0.3 is 14.1 Å². The molecule has 1 atom stereocenters. The number of hydrogen-bond acceptors (Lipinski definition) is 6. The second-order valence-electron chi connectivity index (χ2n) is 6.98. The summed E-state index contributed by atoms with van der Waals surface area (Å²) in [4.78, 5) is 13.9. The standard InChI is InChI=1S/C19H26N4O2/c1-2-7-22(6-1)14-17-15-23(8-4-10-24-17)13-16-11-20-19(21-12-16)18-5-3-9-25-18/h3,5,9,11-12,17H,1-2,4,6-8,10,13-15H2. The summed E-state index contributed by atoms with van der Waals surface area (Å²) in [6.45, 7) is 7.29. The van der Waals surface area contributed by atoms with Crippen LogP contribution in [0, 0.1) is 0 Å². The van der Waals surface area contributed by atoms with E-state index < -0.39 is 0 Å². The fraction of sp³-hybridized carbons (Fsp3) is 0.579. The van der Waals surface area contributed by atoms with Gasteiger partial charge in [0.25, 0.3) is 0 Å². The van der Waals surface area contributed by atoms with Crippen LogP contribution in [-0.4, -0.2) is 65.2 Å². The van der Waals surface area contributed by atoms with E-state index >= 15 is 0 Å². The van der Waals surface area contributed by atoms with E-state index in [4.69, 9.17) is 9.15 Å². The lowest BCUT2D eigenvalue weighted by Gasteiger charge is -2.26. The number of ether oxygens (including phenoxy) is 1. The van der Waals surface area contributed by atoms with Crippen molar-refractivity contribution in [2.24, 2.45) is 0 Å². The van der Waals surface area contributed by atoms with Gasteiger partial charge in [0.05, 0.1) is 12.4 Å². The first-order valence-corrected chi connectivity index (χ1v) is 9.28. The summed E-state index contributed by atoms with van der Waals surface area (Å²) in [6.07, 6.45) is 9.51. The fourth-order valence-corrected chi connectivity index (χ4v) is 3.71. The van der Waals surface area contributed by atoms with Crippen molar-refractivity contribution in [3.8, 4) is 11.6 Å². The third kappa shape index (κ3) is 4.45. The summed E-state index contributed by atoms with van der Waals surface area (Å²) >= 11 is 0. The third-order valence-electron chi connectivity index (χ3n) is 4.95. The molecule has 0 bridgehead atoms. The minimum Gasteiger partial charge on any atom is -0.461 e. The van der Waals surface area contributed by atoms with Gasteiger partial charge in [0.1, 0.15) is 0 Å². The molecule has 6 heteroatoms. The molecular weight excluding hydrogens is 316 g/mol. The zero-order chi connectivity index (χ0) is 16.9. The van der Waals surface area contributed by atoms with Crippen molar-refractivity contribution < 1.29 is 9.15 Å². The molecule has 0 radical (unpaired) electrons. The van der Waals surface area contributed by atoms with E-state index in [1.165, 1.54) is 25.9 Å². The lowest BCUT2D eigenvalue weighted by Crippen LogP contribution is -2.39. The quantitative estimate of drug-likeness (QED) is 0.832. The molecular formula is C19H26N4O2. The highest BCUT2D eigenvalue weighted by atomic mass is 16.5. The molecule has 1 unspecified atom stereocenters. The molecule has 2 aromatic rings. The molecule has 0 aromatic carbocycles. The van der Waals surface area contributed by atoms with E-state index in [1.807, 2.05) is 24.5 Å². The van der Waals surface area contributed by atoms with Gasteiger partial charge in [0, 0.05) is 50.7 Å². The molecule has 2 aliphatic rings. The van der Waals surface area contributed by atoms with Crippen molar-refractivity contribution in [1.82, 2.24) is 19.8 Å². The Morgan fingerprint density at radius 1 is 1.04 bits per heavy atom. The number of hydrogen-bond donors (Lipinski definition) is 0. The molecule has 0 aliphatic carbocycles. The van der Waals surface area contributed by atoms with Crippen molar-refractivity contribution >= 4 is 0 Å². The van der Waals surface area contributed by atoms with Crippen molar-refractivity contribution in [2.45, 2.75) is 31.9 Å². The zero-order valence-corrected chi connectivity index (χ0v) is 14.6. The van der Waals surface area contributed by atoms with Gasteiger partial charge in [-0.25, -0.2) is 9.97 Å². The van der Waals surface area contributed by atoms with Crippen molar-refractivity contribution in [1.29, 1.82) is 0 Å². The van der Waals surface area contributed by atoms with Crippen LogP contribution in [0.15, 0.2) is 35.2 Å². The Morgan fingerprint density at radius 2 is 1.84 bits per heavy atom. The van der Waals surface area contributed by atoms with Crippen molar-refractivity contribution in [2.75, 3.05) is 39.3 Å². The lowest BCUT2D eigenvalue weighted by molar-refractivity contribution is 0.0307. The molecule has 4 heterocycles. The smallest absolute Gasteiger partial charge is 0.195 e. The number of likely N-dealkylation sites (tertiary alicyclic amines) is 1. The molecule has 2 fully saturated rings. The minimum atomic E-state index is 0.309. The molecule has 134 valence electrons. The fourth-order valence-electron chi connectivity index (χ4n) is 3.71. The van der Waals surface area contributed by atoms with Crippen LogP contribution in [0.2, 0.25) is 0 Å². The molecule has 2 saturated heterocycles. The van der Waals surface area contributed by atoms with Gasteiger partial charge in [0.2, 0.25) is 0 Å². The topological polar surface area (TPSA) is 54.6 Å². The molecule has 0 N–H and O–H groups in total. The molecule has 0 spiro atoms. The normalized spacial score (nSPS) is 23.0. The highest BCUT2D eigenvalue weighted by molar-refractivity contribution is 5.45. The largest absolute Gasteiger partial charge is 0.461 e. The first kappa shape index (κ1) is 16.7. The van der Waals surface area contributed by atoms with Crippen LogP contribution in [0.25, 0.3) is 11.6 Å². The molecule has 2 aliphatic heterocycles. The SMILES string of the molecule is c1coc(-c2ncc(CN3CCCOC(CN4CCCC4)C3)cn2)c1. The Kier molecular flexibility index (Phi) is 5.40. The van der Waals surface area contributed by atoms with Gasteiger partial charge in [-0.15, -0.1) is 0 Å². The third-order valence-corrected chi connectivity index (χ3v) is 4.95. The first-order valence-electron chi connectivity index (χ1n) is 9.28. The van der Waals surface area contributed by atoms with Gasteiger partial charge in [-0.2, -0.15) is 0 Å². The Labute approximate surface area is 148 Å². The molecule has 0 amide bonds. The van der Waals surface area contributed by atoms with Gasteiger partial charge in [-0.1, -0.05) is 0 Å². The first-order chi connectivity index (χ1) is 12.4. The van der Waals surface area contributed by atoms with Crippen LogP contribution < -0.4 is 0 Å². The van der Waals surface area contributed by atoms with E-state index in [9.17, 15) is 0 Å². The average Bonchev–Trinajstić information content (AvgIpc) is 3.29. The number of furan rings is 1. The lowest BCUT2D eigenvalue weighted by atomic mass is 10.2. The van der Waals surface area contributed by atoms with Crippen LogP contribution in [-0.2, 0) is 11.3 Å². The Hall–Kier alpha value is -1.76. The zero-order valence-electron chi connectivity index (χ0n) is 14.6. The average molecular weight is 342 g/mol. The summed E-state index contributed by atoms with van der Waals surface area (Å²) in [7, 11) is 0. The highest BCUT2D eigenvalue weighted by Gasteiger charge is 2.23. The van der Waals surface area contributed by atoms with E-state index in [0.29, 0.717) is 17.7 Å². The van der Waals surface area contributed by atoms with Crippen LogP contribution in [0.1, 0.15) is 24.8 Å². The van der Waals surface area contributed by atoms with E-state index in [-0.39, 0.29) is 0 Å². The molecule has 4 rings (SSSR count). The predicted octanol–water partition coefficient (Wildman–Crippen LogP) is 2.42. The van der Waals surface area contributed by atoms with Crippen molar-refractivity contribution in [3.05, 3.63) is 36.4 Å². The molecule has 2 aromatic heterocycles. The summed E-state index contributed by atoms with van der Waals surface area (Å²) < 4.78 is 11.4. The van der Waals surface area contributed by atoms with Gasteiger partial charge >= 0.3 is 0 Å². The van der Waals surface area contributed by atoms with E-state index in [0.717, 1.165) is 44.8 Å². The summed E-state index contributed by atoms with van der Waals surface area (Å²) in [6, 6.07) is 3.73. The van der Waals surface area contributed by atoms with Crippen LogP contribution in [0.5, 0.6) is 0 Å². The van der Waals surface area contributed by atoms with E-state index in [1.54, 1.807) is 6.26 Å².